The molecule has 0 aliphatic carbocycles. The first kappa shape index (κ1) is 6.99. The van der Waals surface area contributed by atoms with Gasteiger partial charge in [-0.1, -0.05) is 6.92 Å². The van der Waals surface area contributed by atoms with Gasteiger partial charge in [0.15, 0.2) is 11.6 Å². The van der Waals surface area contributed by atoms with Gasteiger partial charge >= 0.3 is 0 Å². The van der Waals surface area contributed by atoms with Crippen LogP contribution in [0.15, 0.2) is 6.20 Å². The number of hydrogen-bond donors (Lipinski definition) is 1. The third-order valence-electron chi connectivity index (χ3n) is 1.33. The van der Waals surface area contributed by atoms with Crippen LogP contribution in [0.3, 0.4) is 0 Å². The molecular weight excluding hydrogens is 128 g/mol. The van der Waals surface area contributed by atoms with E-state index in [1.165, 1.54) is 6.92 Å². The van der Waals surface area contributed by atoms with E-state index in [4.69, 9.17) is 0 Å². The van der Waals surface area contributed by atoms with Crippen molar-refractivity contribution in [1.29, 1.82) is 0 Å². The standard InChI is InChI=1S/C7H10N2O/c1-3-6-4-8-7(9-6)5(2)10/h4H,3H2,1-2H3,(H,8,9). The molecule has 3 heteroatoms. The topological polar surface area (TPSA) is 45.8 Å². The van der Waals surface area contributed by atoms with E-state index in [2.05, 4.69) is 9.97 Å². The fourth-order valence-corrected chi connectivity index (χ4v) is 0.721. The van der Waals surface area contributed by atoms with E-state index in [-0.39, 0.29) is 5.78 Å². The predicted molar refractivity (Wildman–Crippen MR) is 38.0 cm³/mol. The monoisotopic (exact) mass is 138 g/mol. The number of Topliss-reactive ketones (excluding diaryl/α,β-unsaturated/α-hetero) is 1. The molecular formula is C7H10N2O. The lowest BCUT2D eigenvalue weighted by molar-refractivity contribution is 0.100. The summed E-state index contributed by atoms with van der Waals surface area (Å²) in [5.41, 5.74) is 0.935. The second-order valence-corrected chi connectivity index (χ2v) is 2.15. The van der Waals surface area contributed by atoms with Crippen LogP contribution in [0.1, 0.15) is 30.2 Å². The Balaban J connectivity index is 2.88. The smallest absolute Gasteiger partial charge is 0.194 e. The largest absolute Gasteiger partial charge is 0.342 e. The number of ketones is 1. The average Bonchev–Trinajstić information content (AvgIpc) is 2.34. The molecule has 0 unspecified atom stereocenters. The van der Waals surface area contributed by atoms with Crippen molar-refractivity contribution >= 4 is 5.78 Å². The summed E-state index contributed by atoms with van der Waals surface area (Å²) in [6, 6.07) is 0. The van der Waals surface area contributed by atoms with E-state index >= 15 is 0 Å². The number of H-pyrrole nitrogens is 1. The van der Waals surface area contributed by atoms with Gasteiger partial charge in [-0.3, -0.25) is 4.79 Å². The highest BCUT2D eigenvalue weighted by atomic mass is 16.1. The number of aromatic amines is 1. The molecule has 54 valence electrons. The molecule has 1 rings (SSSR count). The van der Waals surface area contributed by atoms with Crippen LogP contribution in [0.4, 0.5) is 0 Å². The molecule has 0 aromatic carbocycles. The number of aromatic nitrogens is 2. The van der Waals surface area contributed by atoms with Gasteiger partial charge in [-0.15, -0.1) is 0 Å². The van der Waals surface area contributed by atoms with Crippen molar-refractivity contribution in [3.05, 3.63) is 17.7 Å². The number of rotatable bonds is 2. The van der Waals surface area contributed by atoms with E-state index in [0.717, 1.165) is 12.1 Å². The Bertz CT molecular complexity index is 240. The summed E-state index contributed by atoms with van der Waals surface area (Å²) in [6.45, 7) is 3.50. The Morgan fingerprint density at radius 3 is 2.80 bits per heavy atom. The summed E-state index contributed by atoms with van der Waals surface area (Å²) in [5.74, 6) is 0.441. The van der Waals surface area contributed by atoms with Gasteiger partial charge in [0.05, 0.1) is 5.69 Å². The summed E-state index contributed by atoms with van der Waals surface area (Å²) in [6.07, 6.45) is 2.63. The van der Waals surface area contributed by atoms with E-state index in [1.54, 1.807) is 6.20 Å². The molecule has 1 N–H and O–H groups in total. The third-order valence-corrected chi connectivity index (χ3v) is 1.33. The first-order valence-corrected chi connectivity index (χ1v) is 3.29. The highest BCUT2D eigenvalue weighted by molar-refractivity contribution is 5.90. The number of imidazole rings is 1. The van der Waals surface area contributed by atoms with Gasteiger partial charge in [-0.25, -0.2) is 4.98 Å². The summed E-state index contributed by atoms with van der Waals surface area (Å²) in [7, 11) is 0. The van der Waals surface area contributed by atoms with Crippen LogP contribution >= 0.6 is 0 Å². The second-order valence-electron chi connectivity index (χ2n) is 2.15. The summed E-state index contributed by atoms with van der Waals surface area (Å²) in [4.78, 5) is 17.5. The van der Waals surface area contributed by atoms with E-state index < -0.39 is 0 Å². The molecule has 10 heavy (non-hydrogen) atoms. The van der Waals surface area contributed by atoms with Crippen LogP contribution in [-0.4, -0.2) is 15.8 Å². The SMILES string of the molecule is CCc1c[nH]c(C(C)=O)n1. The Labute approximate surface area is 59.5 Å². The van der Waals surface area contributed by atoms with Crippen LogP contribution in [0.5, 0.6) is 0 Å². The number of carbonyl (C=O) groups is 1. The normalized spacial score (nSPS) is 9.80. The summed E-state index contributed by atoms with van der Waals surface area (Å²) < 4.78 is 0. The highest BCUT2D eigenvalue weighted by Gasteiger charge is 2.02. The van der Waals surface area contributed by atoms with Crippen molar-refractivity contribution in [2.24, 2.45) is 0 Å². The number of carbonyl (C=O) groups excluding carboxylic acids is 1. The van der Waals surface area contributed by atoms with E-state index in [1.807, 2.05) is 6.92 Å². The van der Waals surface area contributed by atoms with Gasteiger partial charge in [-0.05, 0) is 6.42 Å². The highest BCUT2D eigenvalue weighted by Crippen LogP contribution is 1.97. The van der Waals surface area contributed by atoms with Crippen molar-refractivity contribution in [2.45, 2.75) is 20.3 Å². The van der Waals surface area contributed by atoms with Crippen molar-refractivity contribution in [3.8, 4) is 0 Å². The molecule has 1 aromatic rings. The Hall–Kier alpha value is -1.12. The van der Waals surface area contributed by atoms with Crippen molar-refractivity contribution in [2.75, 3.05) is 0 Å². The minimum Gasteiger partial charge on any atom is -0.342 e. The molecule has 0 saturated heterocycles. The molecule has 0 amide bonds. The molecule has 0 aliphatic rings. The molecule has 0 aliphatic heterocycles. The first-order chi connectivity index (χ1) is 4.74. The lowest BCUT2D eigenvalue weighted by Gasteiger charge is -1.83. The Kier molecular flexibility index (Phi) is 1.85. The number of nitrogens with zero attached hydrogens (tertiary/aromatic N) is 1. The number of aryl methyl sites for hydroxylation is 1. The lowest BCUT2D eigenvalue weighted by atomic mass is 10.4. The van der Waals surface area contributed by atoms with E-state index in [9.17, 15) is 4.79 Å². The second kappa shape index (κ2) is 2.64. The Morgan fingerprint density at radius 2 is 2.50 bits per heavy atom. The minimum absolute atomic E-state index is 0.0142. The average molecular weight is 138 g/mol. The van der Waals surface area contributed by atoms with Crippen LogP contribution in [0, 0.1) is 0 Å². The quantitative estimate of drug-likeness (QED) is 0.623. The molecule has 1 heterocycles. The van der Waals surface area contributed by atoms with E-state index in [0.29, 0.717) is 5.82 Å². The van der Waals surface area contributed by atoms with Crippen LogP contribution in [0.25, 0.3) is 0 Å². The van der Waals surface area contributed by atoms with Crippen LogP contribution in [0.2, 0.25) is 0 Å². The van der Waals surface area contributed by atoms with Crippen molar-refractivity contribution < 1.29 is 4.79 Å². The van der Waals surface area contributed by atoms with Crippen molar-refractivity contribution in [3.63, 3.8) is 0 Å². The van der Waals surface area contributed by atoms with Gasteiger partial charge in [0, 0.05) is 13.1 Å². The predicted octanol–water partition coefficient (Wildman–Crippen LogP) is 1.17. The van der Waals surface area contributed by atoms with Crippen LogP contribution < -0.4 is 0 Å². The maximum absolute atomic E-state index is 10.7. The zero-order valence-corrected chi connectivity index (χ0v) is 6.14. The molecule has 0 spiro atoms. The van der Waals surface area contributed by atoms with Crippen LogP contribution in [-0.2, 0) is 6.42 Å². The molecule has 0 fully saturated rings. The molecule has 1 aromatic heterocycles. The molecule has 0 saturated carbocycles. The summed E-state index contributed by atoms with van der Waals surface area (Å²) in [5, 5.41) is 0. The summed E-state index contributed by atoms with van der Waals surface area (Å²) >= 11 is 0. The van der Waals surface area contributed by atoms with Crippen molar-refractivity contribution in [1.82, 2.24) is 9.97 Å². The maximum Gasteiger partial charge on any atom is 0.194 e. The molecule has 0 radical (unpaired) electrons. The van der Waals surface area contributed by atoms with Gasteiger partial charge in [0.25, 0.3) is 0 Å². The fraction of sp³-hybridized carbons (Fsp3) is 0.429. The zero-order valence-electron chi connectivity index (χ0n) is 6.14. The fourth-order valence-electron chi connectivity index (χ4n) is 0.721. The first-order valence-electron chi connectivity index (χ1n) is 3.29. The van der Waals surface area contributed by atoms with Gasteiger partial charge in [-0.2, -0.15) is 0 Å². The minimum atomic E-state index is -0.0142. The molecule has 0 bridgehead atoms. The van der Waals surface area contributed by atoms with Gasteiger partial charge in [0.2, 0.25) is 0 Å². The Morgan fingerprint density at radius 1 is 1.80 bits per heavy atom. The number of hydrogen-bond acceptors (Lipinski definition) is 2. The lowest BCUT2D eigenvalue weighted by Crippen LogP contribution is -1.94. The van der Waals surface area contributed by atoms with Gasteiger partial charge < -0.3 is 4.98 Å². The zero-order chi connectivity index (χ0) is 7.56. The number of nitrogens with one attached hydrogen (secondary N) is 1. The third kappa shape index (κ3) is 1.23. The molecule has 0 atom stereocenters. The molecule has 3 nitrogen and oxygen atoms in total. The maximum atomic E-state index is 10.7. The van der Waals surface area contributed by atoms with Gasteiger partial charge in [0.1, 0.15) is 0 Å².